The highest BCUT2D eigenvalue weighted by Crippen LogP contribution is 2.18. The van der Waals surface area contributed by atoms with Crippen molar-refractivity contribution in [2.24, 2.45) is 11.7 Å². The van der Waals surface area contributed by atoms with Gasteiger partial charge in [0, 0.05) is 52.0 Å². The van der Waals surface area contributed by atoms with Gasteiger partial charge in [-0.05, 0) is 36.2 Å². The van der Waals surface area contributed by atoms with Crippen LogP contribution in [0, 0.1) is 5.92 Å². The number of urea groups is 1. The highest BCUT2D eigenvalue weighted by atomic mass is 16.2. The number of carbonyl (C=O) groups excluding carboxylic acids is 1. The van der Waals surface area contributed by atoms with E-state index in [2.05, 4.69) is 20.5 Å². The molecule has 0 radical (unpaired) electrons. The van der Waals surface area contributed by atoms with Crippen LogP contribution >= 0.6 is 0 Å². The van der Waals surface area contributed by atoms with Crippen molar-refractivity contribution < 1.29 is 4.79 Å². The van der Waals surface area contributed by atoms with E-state index in [1.54, 1.807) is 17.2 Å². The average Bonchev–Trinajstić information content (AvgIpc) is 2.72. The molecule has 2 aliphatic rings. The second kappa shape index (κ2) is 8.73. The zero-order chi connectivity index (χ0) is 20.2. The van der Waals surface area contributed by atoms with Crippen LogP contribution < -0.4 is 22.1 Å². The number of anilines is 1. The minimum Gasteiger partial charge on any atom is -0.330 e. The molecule has 0 spiro atoms. The Hall–Kier alpha value is -2.75. The van der Waals surface area contributed by atoms with E-state index in [1.165, 1.54) is 10.1 Å². The number of amides is 2. The molecule has 2 aromatic rings. The Morgan fingerprint density at radius 2 is 1.90 bits per heavy atom. The van der Waals surface area contributed by atoms with Gasteiger partial charge in [-0.2, -0.15) is 4.98 Å². The summed E-state index contributed by atoms with van der Waals surface area (Å²) in [4.78, 5) is 32.8. The van der Waals surface area contributed by atoms with Crippen molar-refractivity contribution in [1.29, 1.82) is 0 Å². The lowest BCUT2D eigenvalue weighted by Gasteiger charge is -2.38. The Bertz CT molecular complexity index is 900. The average molecular weight is 397 g/mol. The lowest BCUT2D eigenvalue weighted by molar-refractivity contribution is 0.0979. The third-order valence-electron chi connectivity index (χ3n) is 5.43. The maximum absolute atomic E-state index is 12.4. The van der Waals surface area contributed by atoms with Crippen LogP contribution in [0.3, 0.4) is 0 Å². The van der Waals surface area contributed by atoms with E-state index in [9.17, 15) is 9.59 Å². The zero-order valence-corrected chi connectivity index (χ0v) is 16.4. The molecule has 1 aromatic heterocycles. The Morgan fingerprint density at radius 1 is 1.17 bits per heavy atom. The third-order valence-corrected chi connectivity index (χ3v) is 5.43. The normalized spacial score (nSPS) is 17.8. The molecule has 2 saturated heterocycles. The summed E-state index contributed by atoms with van der Waals surface area (Å²) in [6.45, 7) is 6.54. The van der Waals surface area contributed by atoms with Crippen LogP contribution in [0.15, 0.2) is 41.3 Å². The van der Waals surface area contributed by atoms with Crippen molar-refractivity contribution in [3.05, 3.63) is 52.6 Å². The molecular weight excluding hydrogens is 370 g/mol. The summed E-state index contributed by atoms with van der Waals surface area (Å²) >= 11 is 0. The van der Waals surface area contributed by atoms with Crippen molar-refractivity contribution in [1.82, 2.24) is 24.7 Å². The number of hydrogen-bond acceptors (Lipinski definition) is 6. The monoisotopic (exact) mass is 397 g/mol. The zero-order valence-electron chi connectivity index (χ0n) is 16.4. The molecule has 2 fully saturated rings. The number of likely N-dealkylation sites (tertiary alicyclic amines) is 1. The number of piperazine rings is 1. The number of benzene rings is 1. The molecule has 9 heteroatoms. The Balaban J connectivity index is 1.38. The summed E-state index contributed by atoms with van der Waals surface area (Å²) in [7, 11) is 0. The van der Waals surface area contributed by atoms with Crippen LogP contribution in [0.2, 0.25) is 0 Å². The van der Waals surface area contributed by atoms with Crippen LogP contribution in [0.25, 0.3) is 5.69 Å². The molecule has 29 heavy (non-hydrogen) atoms. The van der Waals surface area contributed by atoms with Crippen LogP contribution in [0.5, 0.6) is 0 Å². The predicted molar refractivity (Wildman–Crippen MR) is 111 cm³/mol. The van der Waals surface area contributed by atoms with Crippen LogP contribution in [-0.4, -0.2) is 71.2 Å². The van der Waals surface area contributed by atoms with Gasteiger partial charge < -0.3 is 16.0 Å². The molecule has 4 N–H and O–H groups in total. The highest BCUT2D eigenvalue weighted by molar-refractivity contribution is 5.88. The smallest absolute Gasteiger partial charge is 0.330 e. The number of nitrogens with one attached hydrogen (secondary N) is 2. The second-order valence-electron chi connectivity index (χ2n) is 7.59. The largest absolute Gasteiger partial charge is 0.354 e. The third kappa shape index (κ3) is 4.64. The summed E-state index contributed by atoms with van der Waals surface area (Å²) < 4.78 is 1.47. The molecule has 2 aliphatic heterocycles. The van der Waals surface area contributed by atoms with E-state index in [4.69, 9.17) is 5.73 Å². The first-order valence-corrected chi connectivity index (χ1v) is 10.0. The van der Waals surface area contributed by atoms with E-state index in [1.807, 2.05) is 24.3 Å². The lowest BCUT2D eigenvalue weighted by Crippen LogP contribution is -2.49. The van der Waals surface area contributed by atoms with E-state index >= 15 is 0 Å². The quantitative estimate of drug-likeness (QED) is 0.658. The summed E-state index contributed by atoms with van der Waals surface area (Å²) in [5.41, 5.74) is 7.19. The SMILES string of the molecule is NCC1CN(Cc2ccc(-n3ccc(NC(=O)N4CCNCC4)nc3=O)cc2)C1. The minimum atomic E-state index is -0.426. The van der Waals surface area contributed by atoms with E-state index in [0.717, 1.165) is 45.0 Å². The van der Waals surface area contributed by atoms with Crippen LogP contribution in [0.4, 0.5) is 10.6 Å². The Morgan fingerprint density at radius 3 is 2.55 bits per heavy atom. The molecule has 9 nitrogen and oxygen atoms in total. The number of hydrogen-bond donors (Lipinski definition) is 3. The van der Waals surface area contributed by atoms with Gasteiger partial charge in [-0.1, -0.05) is 12.1 Å². The lowest BCUT2D eigenvalue weighted by atomic mass is 9.99. The molecule has 3 heterocycles. The standard InChI is InChI=1S/C20H27N7O2/c21-11-16-13-25(14-16)12-15-1-3-17(4-2-15)27-8-5-18(24-20(27)29)23-19(28)26-9-6-22-7-10-26/h1-5,8,16,22H,6-7,9-14,21H2,(H,23,24,28,29). The number of carbonyl (C=O) groups is 1. The minimum absolute atomic E-state index is 0.233. The number of rotatable bonds is 5. The van der Waals surface area contributed by atoms with Gasteiger partial charge >= 0.3 is 11.7 Å². The Kier molecular flexibility index (Phi) is 5.89. The first-order chi connectivity index (χ1) is 14.1. The maximum atomic E-state index is 12.4. The van der Waals surface area contributed by atoms with Gasteiger partial charge in [0.2, 0.25) is 0 Å². The molecule has 1 aromatic carbocycles. The van der Waals surface area contributed by atoms with E-state index in [-0.39, 0.29) is 11.8 Å². The van der Waals surface area contributed by atoms with Gasteiger partial charge in [-0.15, -0.1) is 0 Å². The summed E-state index contributed by atoms with van der Waals surface area (Å²) in [5.74, 6) is 0.878. The molecule has 0 saturated carbocycles. The van der Waals surface area contributed by atoms with E-state index < -0.39 is 5.69 Å². The molecule has 0 aliphatic carbocycles. The first kappa shape index (κ1) is 19.6. The second-order valence-corrected chi connectivity index (χ2v) is 7.59. The fraction of sp³-hybridized carbons (Fsp3) is 0.450. The van der Waals surface area contributed by atoms with Gasteiger partial charge in [0.25, 0.3) is 0 Å². The molecule has 0 unspecified atom stereocenters. The predicted octanol–water partition coefficient (Wildman–Crippen LogP) is 0.0601. The fourth-order valence-corrected chi connectivity index (χ4v) is 3.70. The summed E-state index contributed by atoms with van der Waals surface area (Å²) in [6, 6.07) is 9.29. The van der Waals surface area contributed by atoms with Crippen LogP contribution in [0.1, 0.15) is 5.56 Å². The molecule has 4 rings (SSSR count). The maximum Gasteiger partial charge on any atom is 0.354 e. The molecule has 0 atom stereocenters. The van der Waals surface area contributed by atoms with Gasteiger partial charge in [0.15, 0.2) is 0 Å². The van der Waals surface area contributed by atoms with Gasteiger partial charge in [-0.25, -0.2) is 9.59 Å². The highest BCUT2D eigenvalue weighted by Gasteiger charge is 2.24. The summed E-state index contributed by atoms with van der Waals surface area (Å²) in [5, 5.41) is 5.90. The van der Waals surface area contributed by atoms with Gasteiger partial charge in [-0.3, -0.25) is 14.8 Å². The molecular formula is C20H27N7O2. The summed E-state index contributed by atoms with van der Waals surface area (Å²) in [6.07, 6.45) is 1.64. The number of nitrogens with two attached hydrogens (primary N) is 1. The van der Waals surface area contributed by atoms with Crippen molar-refractivity contribution in [2.45, 2.75) is 6.54 Å². The van der Waals surface area contributed by atoms with Crippen molar-refractivity contribution in [3.63, 3.8) is 0 Å². The topological polar surface area (TPSA) is 109 Å². The number of aromatic nitrogens is 2. The van der Waals surface area contributed by atoms with Gasteiger partial charge in [0.05, 0.1) is 5.69 Å². The Labute approximate surface area is 169 Å². The molecule has 2 amide bonds. The van der Waals surface area contributed by atoms with Crippen molar-refractivity contribution in [3.8, 4) is 5.69 Å². The van der Waals surface area contributed by atoms with Crippen molar-refractivity contribution >= 4 is 11.8 Å². The fourth-order valence-electron chi connectivity index (χ4n) is 3.70. The number of nitrogens with zero attached hydrogens (tertiary/aromatic N) is 4. The van der Waals surface area contributed by atoms with Crippen molar-refractivity contribution in [2.75, 3.05) is 51.1 Å². The first-order valence-electron chi connectivity index (χ1n) is 10.0. The van der Waals surface area contributed by atoms with Crippen LogP contribution in [-0.2, 0) is 6.54 Å². The van der Waals surface area contributed by atoms with E-state index in [0.29, 0.717) is 19.0 Å². The van der Waals surface area contributed by atoms with Gasteiger partial charge in [0.1, 0.15) is 5.82 Å². The molecule has 154 valence electrons. The molecule has 0 bridgehead atoms.